The Morgan fingerprint density at radius 1 is 1.43 bits per heavy atom. The lowest BCUT2D eigenvalue weighted by Crippen LogP contribution is -2.41. The van der Waals surface area contributed by atoms with Crippen molar-refractivity contribution in [3.8, 4) is 5.75 Å². The van der Waals surface area contributed by atoms with Crippen LogP contribution >= 0.6 is 0 Å². The lowest BCUT2D eigenvalue weighted by molar-refractivity contribution is -0.239. The molecule has 5 heteroatoms. The largest absolute Gasteiger partial charge is 0.486 e. The Morgan fingerprint density at radius 2 is 2.14 bits per heavy atom. The fraction of sp³-hybridized carbons (Fsp3) is 0.500. The van der Waals surface area contributed by atoms with Gasteiger partial charge in [0.05, 0.1) is 13.2 Å². The molecule has 1 aliphatic rings. The maximum atomic E-state index is 14.2. The summed E-state index contributed by atoms with van der Waals surface area (Å²) < 4.78 is 44.0. The van der Waals surface area contributed by atoms with Gasteiger partial charge >= 0.3 is 0 Å². The van der Waals surface area contributed by atoms with E-state index in [4.69, 9.17) is 14.2 Å². The molecule has 1 saturated heterocycles. The molecule has 3 nitrogen and oxygen atoms in total. The van der Waals surface area contributed by atoms with Crippen LogP contribution in [0.15, 0.2) is 30.9 Å². The molecule has 0 unspecified atom stereocenters. The van der Waals surface area contributed by atoms with Crippen molar-refractivity contribution in [2.45, 2.75) is 31.7 Å². The van der Waals surface area contributed by atoms with Gasteiger partial charge in [0, 0.05) is 5.56 Å². The standard InChI is InChI=1S/C16H20F2O3/c1-3-7-16(18)10-20-15(21-11-16)12-5-6-14(13(17)9-12)19-8-4-2/h4-6,9,15H,2-3,7-8,10-11H2,1H3. The van der Waals surface area contributed by atoms with Crippen LogP contribution in [0, 0.1) is 5.82 Å². The Hall–Kier alpha value is -1.46. The zero-order valence-corrected chi connectivity index (χ0v) is 12.1. The van der Waals surface area contributed by atoms with Crippen molar-refractivity contribution < 1.29 is 23.0 Å². The van der Waals surface area contributed by atoms with Gasteiger partial charge in [0.1, 0.15) is 6.61 Å². The van der Waals surface area contributed by atoms with Gasteiger partial charge in [-0.05, 0) is 18.6 Å². The Morgan fingerprint density at radius 3 is 2.71 bits per heavy atom. The minimum Gasteiger partial charge on any atom is -0.486 e. The molecule has 1 fully saturated rings. The Kier molecular flexibility index (Phi) is 5.31. The predicted molar refractivity (Wildman–Crippen MR) is 75.5 cm³/mol. The van der Waals surface area contributed by atoms with E-state index in [-0.39, 0.29) is 25.6 Å². The first kappa shape index (κ1) is 15.9. The Balaban J connectivity index is 2.00. The molecule has 1 heterocycles. The fourth-order valence-electron chi connectivity index (χ4n) is 2.25. The second-order valence-corrected chi connectivity index (χ2v) is 5.14. The van der Waals surface area contributed by atoms with E-state index >= 15 is 0 Å². The maximum Gasteiger partial charge on any atom is 0.184 e. The second kappa shape index (κ2) is 7.00. The summed E-state index contributed by atoms with van der Waals surface area (Å²) in [5.41, 5.74) is -0.936. The highest BCUT2D eigenvalue weighted by Gasteiger charge is 2.36. The van der Waals surface area contributed by atoms with E-state index in [1.54, 1.807) is 6.07 Å². The molecule has 0 spiro atoms. The highest BCUT2D eigenvalue weighted by molar-refractivity contribution is 5.30. The number of rotatable bonds is 6. The van der Waals surface area contributed by atoms with Gasteiger partial charge in [-0.3, -0.25) is 0 Å². The van der Waals surface area contributed by atoms with Gasteiger partial charge in [-0.2, -0.15) is 0 Å². The van der Waals surface area contributed by atoms with Gasteiger partial charge in [-0.25, -0.2) is 8.78 Å². The lowest BCUT2D eigenvalue weighted by Gasteiger charge is -2.34. The Labute approximate surface area is 123 Å². The molecule has 116 valence electrons. The summed E-state index contributed by atoms with van der Waals surface area (Å²) in [7, 11) is 0. The molecule has 2 rings (SSSR count). The van der Waals surface area contributed by atoms with Crippen LogP contribution in [-0.2, 0) is 9.47 Å². The highest BCUT2D eigenvalue weighted by atomic mass is 19.1. The van der Waals surface area contributed by atoms with E-state index in [1.807, 2.05) is 6.92 Å². The second-order valence-electron chi connectivity index (χ2n) is 5.14. The molecule has 0 radical (unpaired) electrons. The van der Waals surface area contributed by atoms with Gasteiger partial charge in [-0.1, -0.05) is 32.1 Å². The minimum absolute atomic E-state index is 0.0398. The van der Waals surface area contributed by atoms with E-state index in [0.29, 0.717) is 12.0 Å². The number of alkyl halides is 1. The molecule has 0 aliphatic carbocycles. The molecule has 0 bridgehead atoms. The third kappa shape index (κ3) is 4.02. The number of ether oxygens (including phenoxy) is 3. The summed E-state index contributed by atoms with van der Waals surface area (Å²) in [6.07, 6.45) is 1.91. The monoisotopic (exact) mass is 298 g/mol. The summed E-state index contributed by atoms with van der Waals surface area (Å²) in [5, 5.41) is 0. The van der Waals surface area contributed by atoms with Gasteiger partial charge in [0.15, 0.2) is 23.5 Å². The topological polar surface area (TPSA) is 27.7 Å². The van der Waals surface area contributed by atoms with E-state index in [0.717, 1.165) is 6.42 Å². The van der Waals surface area contributed by atoms with Crippen LogP contribution in [0.25, 0.3) is 0 Å². The van der Waals surface area contributed by atoms with Crippen molar-refractivity contribution in [2.75, 3.05) is 19.8 Å². The van der Waals surface area contributed by atoms with E-state index in [9.17, 15) is 8.78 Å². The van der Waals surface area contributed by atoms with Crippen molar-refractivity contribution in [2.24, 2.45) is 0 Å². The summed E-state index contributed by atoms with van der Waals surface area (Å²) in [4.78, 5) is 0. The van der Waals surface area contributed by atoms with Crippen LogP contribution in [-0.4, -0.2) is 25.5 Å². The first-order valence-electron chi connectivity index (χ1n) is 7.03. The number of halogens is 2. The van der Waals surface area contributed by atoms with E-state index < -0.39 is 17.8 Å². The smallest absolute Gasteiger partial charge is 0.184 e. The van der Waals surface area contributed by atoms with Gasteiger partial charge in [0.25, 0.3) is 0 Å². The zero-order valence-electron chi connectivity index (χ0n) is 12.1. The average Bonchev–Trinajstić information content (AvgIpc) is 2.47. The molecular formula is C16H20F2O3. The van der Waals surface area contributed by atoms with Gasteiger partial charge in [0.2, 0.25) is 0 Å². The van der Waals surface area contributed by atoms with Crippen LogP contribution < -0.4 is 4.74 Å². The molecule has 21 heavy (non-hydrogen) atoms. The minimum atomic E-state index is -1.45. The molecule has 0 aromatic heterocycles. The van der Waals surface area contributed by atoms with Crippen molar-refractivity contribution in [3.05, 3.63) is 42.2 Å². The molecule has 1 aliphatic heterocycles. The van der Waals surface area contributed by atoms with Crippen molar-refractivity contribution >= 4 is 0 Å². The number of hydrogen-bond donors (Lipinski definition) is 0. The third-order valence-electron chi connectivity index (χ3n) is 3.27. The predicted octanol–water partition coefficient (Wildman–Crippen LogP) is 3.94. The molecule has 0 amide bonds. The van der Waals surface area contributed by atoms with Crippen LogP contribution in [0.1, 0.15) is 31.6 Å². The normalized spacial score (nSPS) is 25.6. The quantitative estimate of drug-likeness (QED) is 0.744. The van der Waals surface area contributed by atoms with Crippen molar-refractivity contribution in [1.29, 1.82) is 0 Å². The van der Waals surface area contributed by atoms with Crippen LogP contribution in [0.4, 0.5) is 8.78 Å². The SMILES string of the molecule is C=CCOc1ccc(C2OCC(F)(CCC)CO2)cc1F. The third-order valence-corrected chi connectivity index (χ3v) is 3.27. The van der Waals surface area contributed by atoms with Gasteiger partial charge < -0.3 is 14.2 Å². The number of hydrogen-bond acceptors (Lipinski definition) is 3. The Bertz CT molecular complexity index is 482. The first-order chi connectivity index (χ1) is 10.1. The molecule has 1 aromatic carbocycles. The van der Waals surface area contributed by atoms with Crippen molar-refractivity contribution in [3.63, 3.8) is 0 Å². The van der Waals surface area contributed by atoms with Gasteiger partial charge in [-0.15, -0.1) is 0 Å². The van der Waals surface area contributed by atoms with Crippen LogP contribution in [0.3, 0.4) is 0 Å². The highest BCUT2D eigenvalue weighted by Crippen LogP contribution is 2.33. The molecule has 0 N–H and O–H groups in total. The maximum absolute atomic E-state index is 14.2. The molecular weight excluding hydrogens is 278 g/mol. The van der Waals surface area contributed by atoms with E-state index in [1.165, 1.54) is 18.2 Å². The molecule has 0 atom stereocenters. The molecule has 1 aromatic rings. The zero-order chi connectivity index (χ0) is 15.3. The number of benzene rings is 1. The average molecular weight is 298 g/mol. The first-order valence-corrected chi connectivity index (χ1v) is 7.03. The fourth-order valence-corrected chi connectivity index (χ4v) is 2.25. The summed E-state index contributed by atoms with van der Waals surface area (Å²) in [6, 6.07) is 4.44. The van der Waals surface area contributed by atoms with Crippen molar-refractivity contribution in [1.82, 2.24) is 0 Å². The van der Waals surface area contributed by atoms with Crippen LogP contribution in [0.2, 0.25) is 0 Å². The van der Waals surface area contributed by atoms with E-state index in [2.05, 4.69) is 6.58 Å². The summed E-state index contributed by atoms with van der Waals surface area (Å²) >= 11 is 0. The summed E-state index contributed by atoms with van der Waals surface area (Å²) in [6.45, 7) is 5.56. The molecule has 0 saturated carbocycles. The lowest BCUT2D eigenvalue weighted by atomic mass is 10.0. The van der Waals surface area contributed by atoms with Crippen LogP contribution in [0.5, 0.6) is 5.75 Å². The summed E-state index contributed by atoms with van der Waals surface area (Å²) in [5.74, 6) is -0.368.